The Morgan fingerprint density at radius 2 is 1.40 bits per heavy atom. The van der Waals surface area contributed by atoms with Crippen LogP contribution in [0.15, 0.2) is 73.3 Å². The minimum Gasteiger partial charge on any atom is -0.205 e. The molecule has 1 saturated carbocycles. The fourth-order valence-corrected chi connectivity index (χ4v) is 5.03. The van der Waals surface area contributed by atoms with Gasteiger partial charge in [0.15, 0.2) is 0 Å². The highest BCUT2D eigenvalue weighted by Gasteiger charge is 2.20. The van der Waals surface area contributed by atoms with Crippen LogP contribution >= 0.6 is 0 Å². The van der Waals surface area contributed by atoms with E-state index in [0.717, 1.165) is 41.4 Å². The molecule has 0 heterocycles. The number of halogens is 2. The molecule has 0 unspecified atom stereocenters. The lowest BCUT2D eigenvalue weighted by atomic mass is 9.78. The molecule has 3 aromatic rings. The average molecular weight is 469 g/mol. The maximum absolute atomic E-state index is 14.7. The summed E-state index contributed by atoms with van der Waals surface area (Å²) in [5.41, 5.74) is 4.28. The fraction of sp³-hybridized carbons (Fsp3) is 0.333. The van der Waals surface area contributed by atoms with Gasteiger partial charge in [-0.25, -0.2) is 8.78 Å². The van der Waals surface area contributed by atoms with E-state index in [1.165, 1.54) is 56.2 Å². The van der Waals surface area contributed by atoms with Crippen LogP contribution in [0.3, 0.4) is 0 Å². The van der Waals surface area contributed by atoms with Gasteiger partial charge < -0.3 is 0 Å². The smallest absolute Gasteiger partial charge is 0.142 e. The van der Waals surface area contributed by atoms with E-state index in [1.807, 2.05) is 49.4 Å². The molecule has 1 fully saturated rings. The Kier molecular flexibility index (Phi) is 8.54. The fourth-order valence-electron chi connectivity index (χ4n) is 5.03. The molecule has 0 radical (unpaired) electrons. The van der Waals surface area contributed by atoms with Crippen molar-refractivity contribution in [2.75, 3.05) is 0 Å². The normalized spacial score (nSPS) is 17.5. The molecule has 0 bridgehead atoms. The van der Waals surface area contributed by atoms with E-state index < -0.39 is 11.6 Å². The second-order valence-electron chi connectivity index (χ2n) is 9.92. The molecule has 3 aromatic carbocycles. The molecule has 0 aliphatic heterocycles. The Balaban J connectivity index is 1.36. The van der Waals surface area contributed by atoms with Crippen molar-refractivity contribution < 1.29 is 8.78 Å². The van der Waals surface area contributed by atoms with Gasteiger partial charge in [-0.3, -0.25) is 0 Å². The third-order valence-electron chi connectivity index (χ3n) is 7.30. The van der Waals surface area contributed by atoms with Crippen LogP contribution in [0.5, 0.6) is 0 Å². The van der Waals surface area contributed by atoms with Gasteiger partial charge >= 0.3 is 0 Å². The van der Waals surface area contributed by atoms with E-state index in [-0.39, 0.29) is 5.56 Å². The van der Waals surface area contributed by atoms with Crippen molar-refractivity contribution in [3.05, 3.63) is 107 Å². The molecule has 1 aliphatic carbocycles. The van der Waals surface area contributed by atoms with Crippen LogP contribution < -0.4 is 0 Å². The minimum atomic E-state index is -0.632. The summed E-state index contributed by atoms with van der Waals surface area (Å²) < 4.78 is 29.4. The van der Waals surface area contributed by atoms with Gasteiger partial charge in [-0.2, -0.15) is 0 Å². The molecule has 0 atom stereocenters. The molecule has 0 saturated heterocycles. The van der Waals surface area contributed by atoms with Crippen LogP contribution in [0, 0.1) is 42.2 Å². The second-order valence-corrected chi connectivity index (χ2v) is 9.92. The Labute approximate surface area is 209 Å². The Hall–Kier alpha value is -3.18. The first-order valence-electron chi connectivity index (χ1n) is 12.8. The van der Waals surface area contributed by atoms with Crippen LogP contribution in [0.1, 0.15) is 67.2 Å². The summed E-state index contributed by atoms with van der Waals surface area (Å²) in [5.74, 6) is 5.94. The molecule has 180 valence electrons. The average Bonchev–Trinajstić information content (AvgIpc) is 2.87. The largest absolute Gasteiger partial charge is 0.205 e. The zero-order chi connectivity index (χ0) is 24.6. The molecular formula is C33H34F2. The summed E-state index contributed by atoms with van der Waals surface area (Å²) in [5, 5.41) is 0. The van der Waals surface area contributed by atoms with Gasteiger partial charge in [-0.05, 0) is 85.4 Å². The molecule has 0 aromatic heterocycles. The summed E-state index contributed by atoms with van der Waals surface area (Å²) >= 11 is 0. The SMILES string of the molecule is C=CCC[C@H]1CC[C@H](CCc2ccc(-c3cc(F)c(C#Cc4ccc(C)cc4)c(F)c3)cc2)CC1. The van der Waals surface area contributed by atoms with Crippen molar-refractivity contribution in [3.63, 3.8) is 0 Å². The maximum Gasteiger partial charge on any atom is 0.142 e. The lowest BCUT2D eigenvalue weighted by Gasteiger charge is -2.28. The van der Waals surface area contributed by atoms with E-state index in [0.29, 0.717) is 5.56 Å². The van der Waals surface area contributed by atoms with Gasteiger partial charge in [0, 0.05) is 5.56 Å². The van der Waals surface area contributed by atoms with Crippen molar-refractivity contribution in [2.24, 2.45) is 11.8 Å². The number of allylic oxidation sites excluding steroid dienone is 1. The molecule has 1 aliphatic rings. The number of hydrogen-bond donors (Lipinski definition) is 0. The second kappa shape index (κ2) is 12.0. The van der Waals surface area contributed by atoms with Crippen LogP contribution in [0.4, 0.5) is 8.78 Å². The van der Waals surface area contributed by atoms with Gasteiger partial charge in [0.1, 0.15) is 11.6 Å². The van der Waals surface area contributed by atoms with Gasteiger partial charge in [0.2, 0.25) is 0 Å². The summed E-state index contributed by atoms with van der Waals surface area (Å²) in [7, 11) is 0. The van der Waals surface area contributed by atoms with Crippen molar-refractivity contribution in [2.45, 2.75) is 58.3 Å². The Bertz CT molecular complexity index is 1160. The first kappa shape index (κ1) is 24.9. The number of benzene rings is 3. The number of rotatable bonds is 7. The first-order chi connectivity index (χ1) is 17.0. The lowest BCUT2D eigenvalue weighted by Crippen LogP contribution is -2.15. The highest BCUT2D eigenvalue weighted by atomic mass is 19.1. The van der Waals surface area contributed by atoms with Gasteiger partial charge in [-0.15, -0.1) is 6.58 Å². The highest BCUT2D eigenvalue weighted by Crippen LogP contribution is 2.34. The minimum absolute atomic E-state index is 0.190. The maximum atomic E-state index is 14.7. The van der Waals surface area contributed by atoms with Crippen LogP contribution in [0.2, 0.25) is 0 Å². The third-order valence-corrected chi connectivity index (χ3v) is 7.30. The van der Waals surface area contributed by atoms with Gasteiger partial charge in [-0.1, -0.05) is 85.6 Å². The number of hydrogen-bond acceptors (Lipinski definition) is 0. The molecule has 4 rings (SSSR count). The summed E-state index contributed by atoms with van der Waals surface area (Å²) in [6, 6.07) is 18.4. The zero-order valence-electron chi connectivity index (χ0n) is 20.6. The van der Waals surface area contributed by atoms with E-state index in [9.17, 15) is 8.78 Å². The third kappa shape index (κ3) is 6.92. The monoisotopic (exact) mass is 468 g/mol. The molecule has 35 heavy (non-hydrogen) atoms. The molecule has 0 amide bonds. The molecule has 0 nitrogen and oxygen atoms in total. The van der Waals surface area contributed by atoms with Crippen LogP contribution in [-0.4, -0.2) is 0 Å². The van der Waals surface area contributed by atoms with Crippen molar-refractivity contribution >= 4 is 0 Å². The van der Waals surface area contributed by atoms with E-state index in [4.69, 9.17) is 0 Å². The van der Waals surface area contributed by atoms with Crippen LogP contribution in [0.25, 0.3) is 11.1 Å². The standard InChI is InChI=1S/C33H34F2/c1-3-4-5-25-10-12-27(13-11-25)14-15-28-16-19-29(20-17-28)30-22-32(34)31(33(35)23-30)21-18-26-8-6-24(2)7-9-26/h3,6-9,16-17,19-20,22-23,25,27H,1,4-5,10-15H2,2H3/t25-,27-. The van der Waals surface area contributed by atoms with E-state index >= 15 is 0 Å². The quantitative estimate of drug-likeness (QED) is 0.240. The Morgan fingerprint density at radius 3 is 2.00 bits per heavy atom. The summed E-state index contributed by atoms with van der Waals surface area (Å²) in [6.45, 7) is 5.82. The topological polar surface area (TPSA) is 0 Å². The summed E-state index contributed by atoms with van der Waals surface area (Å²) in [4.78, 5) is 0. The van der Waals surface area contributed by atoms with Crippen molar-refractivity contribution in [1.29, 1.82) is 0 Å². The summed E-state index contributed by atoms with van der Waals surface area (Å²) in [6.07, 6.45) is 12.1. The van der Waals surface area contributed by atoms with E-state index in [1.54, 1.807) is 0 Å². The predicted molar refractivity (Wildman–Crippen MR) is 142 cm³/mol. The van der Waals surface area contributed by atoms with Gasteiger partial charge in [0.05, 0.1) is 5.56 Å². The van der Waals surface area contributed by atoms with Crippen molar-refractivity contribution in [3.8, 4) is 23.0 Å². The highest BCUT2D eigenvalue weighted by molar-refractivity contribution is 5.65. The molecular weight excluding hydrogens is 434 g/mol. The lowest BCUT2D eigenvalue weighted by molar-refractivity contribution is 0.254. The van der Waals surface area contributed by atoms with Crippen molar-refractivity contribution in [1.82, 2.24) is 0 Å². The van der Waals surface area contributed by atoms with Gasteiger partial charge in [0.25, 0.3) is 0 Å². The molecule has 2 heteroatoms. The molecule has 0 spiro atoms. The predicted octanol–water partition coefficient (Wildman–Crippen LogP) is 9.05. The zero-order valence-corrected chi connectivity index (χ0v) is 20.6. The molecule has 0 N–H and O–H groups in total. The number of aryl methyl sites for hydroxylation is 2. The van der Waals surface area contributed by atoms with E-state index in [2.05, 4.69) is 30.6 Å². The Morgan fingerprint density at radius 1 is 0.800 bits per heavy atom. The first-order valence-corrected chi connectivity index (χ1v) is 12.8. The van der Waals surface area contributed by atoms with Crippen LogP contribution in [-0.2, 0) is 6.42 Å².